The molecule has 2 N–H and O–H groups in total. The number of ether oxygens (including phenoxy) is 1. The smallest absolute Gasteiger partial charge is 0.257 e. The van der Waals surface area contributed by atoms with Crippen LogP contribution in [0.4, 0.5) is 5.95 Å². The molecule has 94 valence electrons. The van der Waals surface area contributed by atoms with Gasteiger partial charge in [-0.15, -0.1) is 10.2 Å². The van der Waals surface area contributed by atoms with Gasteiger partial charge < -0.3 is 10.1 Å². The summed E-state index contributed by atoms with van der Waals surface area (Å²) in [6.45, 7) is 1.83. The highest BCUT2D eigenvalue weighted by Gasteiger charge is 2.23. The maximum absolute atomic E-state index is 12.0. The van der Waals surface area contributed by atoms with E-state index >= 15 is 0 Å². The molecule has 18 heavy (non-hydrogen) atoms. The first-order chi connectivity index (χ1) is 8.84. The van der Waals surface area contributed by atoms with Crippen LogP contribution in [0, 0.1) is 0 Å². The quantitative estimate of drug-likeness (QED) is 0.758. The van der Waals surface area contributed by atoms with Gasteiger partial charge in [0.2, 0.25) is 5.95 Å². The van der Waals surface area contributed by atoms with E-state index in [1.54, 1.807) is 10.6 Å². The van der Waals surface area contributed by atoms with Gasteiger partial charge in [0, 0.05) is 19.3 Å². The van der Waals surface area contributed by atoms with Gasteiger partial charge in [0.15, 0.2) is 5.65 Å². The van der Waals surface area contributed by atoms with Crippen LogP contribution in [0.3, 0.4) is 0 Å². The van der Waals surface area contributed by atoms with Crippen molar-refractivity contribution in [3.8, 4) is 0 Å². The molecule has 0 radical (unpaired) electrons. The summed E-state index contributed by atoms with van der Waals surface area (Å²) >= 11 is 0. The molecule has 1 aliphatic heterocycles. The minimum absolute atomic E-state index is 0.208. The van der Waals surface area contributed by atoms with Gasteiger partial charge >= 0.3 is 0 Å². The van der Waals surface area contributed by atoms with Crippen molar-refractivity contribution in [1.29, 1.82) is 0 Å². The van der Waals surface area contributed by atoms with Crippen molar-refractivity contribution < 1.29 is 9.53 Å². The predicted octanol–water partition coefficient (Wildman–Crippen LogP) is -0.344. The van der Waals surface area contributed by atoms with Crippen LogP contribution >= 0.6 is 0 Å². The zero-order valence-corrected chi connectivity index (χ0v) is 9.67. The van der Waals surface area contributed by atoms with E-state index in [2.05, 4.69) is 20.8 Å². The summed E-state index contributed by atoms with van der Waals surface area (Å²) in [5, 5.41) is 13.7. The highest BCUT2D eigenvalue weighted by Crippen LogP contribution is 2.08. The lowest BCUT2D eigenvalue weighted by molar-refractivity contribution is -0.128. The molecule has 1 aliphatic rings. The van der Waals surface area contributed by atoms with Crippen LogP contribution < -0.4 is 10.6 Å². The topological polar surface area (TPSA) is 80.6 Å². The fraction of sp³-hybridized carbons (Fsp3) is 0.364. The lowest BCUT2D eigenvalue weighted by atomic mass is 10.3. The third kappa shape index (κ3) is 2.05. The number of rotatable bonds is 2. The molecule has 0 saturated carbocycles. The Hall–Kier alpha value is -1.99. The first-order valence-corrected chi connectivity index (χ1v) is 5.77. The van der Waals surface area contributed by atoms with Crippen LogP contribution in [0.5, 0.6) is 0 Å². The van der Waals surface area contributed by atoms with Gasteiger partial charge in [0.1, 0.15) is 6.10 Å². The molecule has 7 nitrogen and oxygen atoms in total. The van der Waals surface area contributed by atoms with Crippen LogP contribution in [0.25, 0.3) is 5.65 Å². The monoisotopic (exact) mass is 247 g/mol. The molecule has 1 amide bonds. The largest absolute Gasteiger partial charge is 0.366 e. The number of morpholine rings is 1. The van der Waals surface area contributed by atoms with E-state index in [0.29, 0.717) is 24.7 Å². The Balaban J connectivity index is 1.77. The normalized spacial score (nSPS) is 19.9. The molecule has 1 saturated heterocycles. The van der Waals surface area contributed by atoms with Gasteiger partial charge in [-0.2, -0.15) is 0 Å². The molecule has 0 aliphatic carbocycles. The summed E-state index contributed by atoms with van der Waals surface area (Å²) in [4.78, 5) is 12.0. The van der Waals surface area contributed by atoms with Crippen LogP contribution in [0.1, 0.15) is 0 Å². The van der Waals surface area contributed by atoms with E-state index in [1.165, 1.54) is 0 Å². The van der Waals surface area contributed by atoms with E-state index in [9.17, 15) is 4.79 Å². The van der Waals surface area contributed by atoms with E-state index in [-0.39, 0.29) is 5.91 Å². The van der Waals surface area contributed by atoms with Crippen molar-refractivity contribution in [2.24, 2.45) is 0 Å². The summed E-state index contributed by atoms with van der Waals surface area (Å²) in [5.41, 5.74) is 0.690. The van der Waals surface area contributed by atoms with Gasteiger partial charge in [-0.05, 0) is 12.1 Å². The number of anilines is 1. The second-order valence-corrected chi connectivity index (χ2v) is 4.01. The highest BCUT2D eigenvalue weighted by molar-refractivity contribution is 5.93. The maximum Gasteiger partial charge on any atom is 0.257 e. The third-order valence-electron chi connectivity index (χ3n) is 2.77. The van der Waals surface area contributed by atoms with Gasteiger partial charge in [-0.3, -0.25) is 14.5 Å². The molecule has 2 aromatic rings. The number of pyridine rings is 1. The number of nitrogens with one attached hydrogen (secondary N) is 2. The molecule has 0 spiro atoms. The summed E-state index contributed by atoms with van der Waals surface area (Å²) in [7, 11) is 0. The SMILES string of the molecule is O=C(Nc1nnc2ccccn12)C1CNCCO1. The van der Waals surface area contributed by atoms with Crippen molar-refractivity contribution in [2.75, 3.05) is 25.0 Å². The van der Waals surface area contributed by atoms with Crippen molar-refractivity contribution in [3.05, 3.63) is 24.4 Å². The third-order valence-corrected chi connectivity index (χ3v) is 2.77. The average molecular weight is 247 g/mol. The van der Waals surface area contributed by atoms with E-state index < -0.39 is 6.10 Å². The predicted molar refractivity (Wildman–Crippen MR) is 64.2 cm³/mol. The standard InChI is InChI=1S/C11H13N5O2/c17-10(8-7-12-4-6-18-8)13-11-15-14-9-3-1-2-5-16(9)11/h1-3,5,8,12H,4,6-7H2,(H,13,15,17). The fourth-order valence-electron chi connectivity index (χ4n) is 1.85. The second-order valence-electron chi connectivity index (χ2n) is 4.01. The second kappa shape index (κ2) is 4.71. The molecular formula is C11H13N5O2. The molecule has 0 bridgehead atoms. The molecule has 1 unspecified atom stereocenters. The van der Waals surface area contributed by atoms with E-state index in [4.69, 9.17) is 4.74 Å². The van der Waals surface area contributed by atoms with Gasteiger partial charge in [0.25, 0.3) is 5.91 Å². The Morgan fingerprint density at radius 1 is 1.50 bits per heavy atom. The Morgan fingerprint density at radius 3 is 3.28 bits per heavy atom. The Morgan fingerprint density at radius 2 is 2.44 bits per heavy atom. The van der Waals surface area contributed by atoms with Crippen molar-refractivity contribution in [3.63, 3.8) is 0 Å². The molecule has 7 heteroatoms. The lowest BCUT2D eigenvalue weighted by Crippen LogP contribution is -2.45. The molecule has 3 heterocycles. The molecule has 0 aromatic carbocycles. The fourth-order valence-corrected chi connectivity index (χ4v) is 1.85. The highest BCUT2D eigenvalue weighted by atomic mass is 16.5. The Labute approximate surface area is 103 Å². The van der Waals surface area contributed by atoms with Gasteiger partial charge in [-0.25, -0.2) is 0 Å². The zero-order chi connectivity index (χ0) is 12.4. The summed E-state index contributed by atoms with van der Waals surface area (Å²) < 4.78 is 7.09. The molecular weight excluding hydrogens is 234 g/mol. The number of aromatic nitrogens is 3. The summed E-state index contributed by atoms with van der Waals surface area (Å²) in [5.74, 6) is 0.199. The van der Waals surface area contributed by atoms with Crippen LogP contribution in [0.15, 0.2) is 24.4 Å². The van der Waals surface area contributed by atoms with Crippen LogP contribution in [-0.2, 0) is 9.53 Å². The number of fused-ring (bicyclic) bond motifs is 1. The van der Waals surface area contributed by atoms with Crippen molar-refractivity contribution in [2.45, 2.75) is 6.10 Å². The number of carbonyl (C=O) groups excluding carboxylic acids is 1. The molecule has 3 rings (SSSR count). The van der Waals surface area contributed by atoms with Gasteiger partial charge in [0.05, 0.1) is 6.61 Å². The minimum Gasteiger partial charge on any atom is -0.366 e. The van der Waals surface area contributed by atoms with Crippen molar-refractivity contribution >= 4 is 17.5 Å². The molecule has 2 aromatic heterocycles. The van der Waals surface area contributed by atoms with Crippen molar-refractivity contribution in [1.82, 2.24) is 19.9 Å². The van der Waals surface area contributed by atoms with Crippen LogP contribution in [0.2, 0.25) is 0 Å². The number of hydrogen-bond donors (Lipinski definition) is 2. The lowest BCUT2D eigenvalue weighted by Gasteiger charge is -2.22. The Kier molecular flexibility index (Phi) is 2.91. The first kappa shape index (κ1) is 11.1. The van der Waals surface area contributed by atoms with E-state index in [1.807, 2.05) is 18.2 Å². The average Bonchev–Trinajstić information content (AvgIpc) is 2.83. The number of amides is 1. The van der Waals surface area contributed by atoms with Gasteiger partial charge in [-0.1, -0.05) is 6.07 Å². The molecule has 1 atom stereocenters. The number of carbonyl (C=O) groups is 1. The van der Waals surface area contributed by atoms with Crippen LogP contribution in [-0.4, -0.2) is 46.3 Å². The first-order valence-electron chi connectivity index (χ1n) is 5.77. The molecule has 1 fully saturated rings. The zero-order valence-electron chi connectivity index (χ0n) is 9.67. The Bertz CT molecular complexity index is 561. The summed E-state index contributed by atoms with van der Waals surface area (Å²) in [6, 6.07) is 5.54. The summed E-state index contributed by atoms with van der Waals surface area (Å²) in [6.07, 6.45) is 1.32. The maximum atomic E-state index is 12.0. The number of nitrogens with zero attached hydrogens (tertiary/aromatic N) is 3. The minimum atomic E-state index is -0.477. The van der Waals surface area contributed by atoms with E-state index in [0.717, 1.165) is 6.54 Å². The number of hydrogen-bond acceptors (Lipinski definition) is 5.